The minimum Gasteiger partial charge on any atom is -0.217 e. The second kappa shape index (κ2) is 3.80. The fourth-order valence-corrected chi connectivity index (χ4v) is 2.30. The van der Waals surface area contributed by atoms with Crippen LogP contribution in [0.1, 0.15) is 11.1 Å². The molecule has 1 aromatic rings. The number of rotatable bonds is 1. The number of aliphatic imine (C=N–C) groups is 1. The fraction of sp³-hybridized carbons (Fsp3) is 0.0667. The minimum atomic E-state index is 0.586. The maximum atomic E-state index is 8.83. The van der Waals surface area contributed by atoms with Crippen molar-refractivity contribution in [2.24, 2.45) is 4.99 Å². The van der Waals surface area contributed by atoms with Gasteiger partial charge in [0.25, 0.3) is 0 Å². The average molecular weight is 234 g/mol. The molecule has 0 fully saturated rings. The Labute approximate surface area is 106 Å². The zero-order valence-electron chi connectivity index (χ0n) is 10.0. The van der Waals surface area contributed by atoms with Gasteiger partial charge >= 0.3 is 0 Å². The molecule has 0 aliphatic carbocycles. The van der Waals surface area contributed by atoms with Gasteiger partial charge in [-0.1, -0.05) is 0 Å². The summed E-state index contributed by atoms with van der Waals surface area (Å²) >= 11 is 0. The molecule has 18 heavy (non-hydrogen) atoms. The van der Waals surface area contributed by atoms with Crippen molar-refractivity contribution >= 4 is 11.5 Å². The number of likely N-dealkylation sites (N-methyl/N-ethyl adjacent to an activating group) is 1. The quantitative estimate of drug-likeness (QED) is 0.688. The Bertz CT molecular complexity index is 654. The summed E-state index contributed by atoms with van der Waals surface area (Å²) in [5.74, 6) is 1.01. The number of nitrogens with zero attached hydrogens (tertiary/aromatic N) is 3. The minimum absolute atomic E-state index is 0.586. The molecule has 1 aromatic carbocycles. The van der Waals surface area contributed by atoms with E-state index in [4.69, 9.17) is 5.26 Å². The predicted octanol–water partition coefficient (Wildman–Crippen LogP) is 2.80. The van der Waals surface area contributed by atoms with Gasteiger partial charge in [0.1, 0.15) is 6.20 Å². The van der Waals surface area contributed by atoms with Crippen LogP contribution in [-0.2, 0) is 0 Å². The number of quaternary nitrogens is 1. The third-order valence-electron chi connectivity index (χ3n) is 3.36. The summed E-state index contributed by atoms with van der Waals surface area (Å²) in [6.45, 7) is 0. The monoisotopic (exact) mass is 234 g/mol. The van der Waals surface area contributed by atoms with Crippen LogP contribution in [0.4, 0.5) is 0 Å². The molecule has 3 rings (SSSR count). The third kappa shape index (κ3) is 1.44. The first-order valence-corrected chi connectivity index (χ1v) is 5.76. The molecule has 1 atom stereocenters. The number of nitriles is 1. The topological polar surface area (TPSA) is 36.1 Å². The lowest BCUT2D eigenvalue weighted by molar-refractivity contribution is -0.680. The first kappa shape index (κ1) is 10.7. The Balaban J connectivity index is 2.08. The van der Waals surface area contributed by atoms with Gasteiger partial charge in [-0.3, -0.25) is 0 Å². The molecule has 0 aromatic heterocycles. The summed E-state index contributed by atoms with van der Waals surface area (Å²) in [4.78, 5) is 4.37. The summed E-state index contributed by atoms with van der Waals surface area (Å²) in [7, 11) is 2.11. The number of fused-ring (bicyclic) bond motifs is 1. The Morgan fingerprint density at radius 2 is 2.00 bits per heavy atom. The molecule has 0 saturated heterocycles. The first-order chi connectivity index (χ1) is 8.74. The molecule has 3 nitrogen and oxygen atoms in total. The van der Waals surface area contributed by atoms with Crippen LogP contribution in [0.2, 0.25) is 0 Å². The van der Waals surface area contributed by atoms with Gasteiger partial charge in [0.15, 0.2) is 5.70 Å². The number of hydrogen-bond acceptors (Lipinski definition) is 2. The summed E-state index contributed by atoms with van der Waals surface area (Å²) in [6.07, 6.45) is 10.0. The van der Waals surface area contributed by atoms with E-state index in [-0.39, 0.29) is 0 Å². The van der Waals surface area contributed by atoms with Crippen LogP contribution in [0, 0.1) is 11.3 Å². The van der Waals surface area contributed by atoms with Gasteiger partial charge in [-0.25, -0.2) is 4.48 Å². The maximum Gasteiger partial charge on any atom is 0.237 e. The molecule has 86 valence electrons. The summed E-state index contributed by atoms with van der Waals surface area (Å²) < 4.78 is 0.586. The van der Waals surface area contributed by atoms with Crippen molar-refractivity contribution in [2.75, 3.05) is 7.05 Å². The average Bonchev–Trinajstić information content (AvgIpc) is 2.80. The normalized spacial score (nSPS) is 24.2. The van der Waals surface area contributed by atoms with Crippen molar-refractivity contribution in [3.05, 3.63) is 66.0 Å². The van der Waals surface area contributed by atoms with E-state index in [9.17, 15) is 0 Å². The van der Waals surface area contributed by atoms with Crippen LogP contribution in [0.25, 0.3) is 5.70 Å². The Kier molecular flexibility index (Phi) is 2.26. The van der Waals surface area contributed by atoms with Crippen LogP contribution in [0.15, 0.2) is 59.9 Å². The summed E-state index contributed by atoms with van der Waals surface area (Å²) in [5.41, 5.74) is 2.95. The van der Waals surface area contributed by atoms with Gasteiger partial charge in [0.2, 0.25) is 5.84 Å². The summed E-state index contributed by atoms with van der Waals surface area (Å²) in [6, 6.07) is 9.79. The second-order valence-corrected chi connectivity index (χ2v) is 4.46. The molecular formula is C15H12N3+. The van der Waals surface area contributed by atoms with Gasteiger partial charge in [0.05, 0.1) is 24.9 Å². The standard InChI is InChI=1S/C15H12N3/c1-18-10-9-17-15(18)4-2-3-14(18)13-7-5-12(11-16)6-8-13/h2-10H,1H3/q+1. The molecule has 0 N–H and O–H groups in total. The number of amidine groups is 1. The van der Waals surface area contributed by atoms with E-state index in [1.165, 1.54) is 0 Å². The van der Waals surface area contributed by atoms with E-state index >= 15 is 0 Å². The van der Waals surface area contributed by atoms with Gasteiger partial charge in [-0.2, -0.15) is 10.3 Å². The maximum absolute atomic E-state index is 8.83. The van der Waals surface area contributed by atoms with Gasteiger partial charge in [-0.05, 0) is 30.3 Å². The fourth-order valence-electron chi connectivity index (χ4n) is 2.30. The lowest BCUT2D eigenvalue weighted by atomic mass is 10.0. The van der Waals surface area contributed by atoms with E-state index in [2.05, 4.69) is 30.4 Å². The van der Waals surface area contributed by atoms with Crippen LogP contribution in [0.3, 0.4) is 0 Å². The van der Waals surface area contributed by atoms with Crippen LogP contribution in [-0.4, -0.2) is 17.4 Å². The third-order valence-corrected chi connectivity index (χ3v) is 3.36. The Morgan fingerprint density at radius 1 is 1.22 bits per heavy atom. The highest BCUT2D eigenvalue weighted by Crippen LogP contribution is 2.33. The van der Waals surface area contributed by atoms with Crippen molar-refractivity contribution in [3.63, 3.8) is 0 Å². The molecule has 2 aliphatic heterocycles. The molecule has 0 saturated carbocycles. The smallest absolute Gasteiger partial charge is 0.217 e. The molecule has 1 unspecified atom stereocenters. The zero-order valence-corrected chi connectivity index (χ0v) is 10.0. The van der Waals surface area contributed by atoms with Crippen molar-refractivity contribution < 1.29 is 4.48 Å². The molecule has 0 spiro atoms. The molecule has 2 aliphatic rings. The molecule has 0 radical (unpaired) electrons. The summed E-state index contributed by atoms with van der Waals surface area (Å²) in [5, 5.41) is 8.83. The first-order valence-electron chi connectivity index (χ1n) is 5.76. The Morgan fingerprint density at radius 3 is 2.72 bits per heavy atom. The molecule has 2 heterocycles. The van der Waals surface area contributed by atoms with E-state index in [1.54, 1.807) is 0 Å². The van der Waals surface area contributed by atoms with Gasteiger partial charge in [0, 0.05) is 17.7 Å². The number of benzene rings is 1. The van der Waals surface area contributed by atoms with Gasteiger partial charge in [-0.15, -0.1) is 0 Å². The van der Waals surface area contributed by atoms with E-state index in [0.717, 1.165) is 17.1 Å². The number of allylic oxidation sites excluding steroid dienone is 2. The SMILES string of the molecule is C[N+]12C=CN=C1C=CC=C2c1ccc(C#N)cc1. The largest absolute Gasteiger partial charge is 0.237 e. The van der Waals surface area contributed by atoms with Gasteiger partial charge < -0.3 is 0 Å². The highest BCUT2D eigenvalue weighted by Gasteiger charge is 2.36. The lowest BCUT2D eigenvalue weighted by Gasteiger charge is -2.30. The van der Waals surface area contributed by atoms with E-state index in [1.807, 2.05) is 42.6 Å². The van der Waals surface area contributed by atoms with Crippen molar-refractivity contribution in [2.45, 2.75) is 0 Å². The Hall–Kier alpha value is -2.44. The predicted molar refractivity (Wildman–Crippen MR) is 71.0 cm³/mol. The van der Waals surface area contributed by atoms with E-state index < -0.39 is 0 Å². The molecule has 3 heteroatoms. The number of hydrogen-bond donors (Lipinski definition) is 0. The van der Waals surface area contributed by atoms with Crippen LogP contribution < -0.4 is 0 Å². The highest BCUT2D eigenvalue weighted by molar-refractivity contribution is 5.95. The lowest BCUT2D eigenvalue weighted by Crippen LogP contribution is -2.40. The molecule has 0 amide bonds. The van der Waals surface area contributed by atoms with Crippen molar-refractivity contribution in [1.82, 2.24) is 0 Å². The van der Waals surface area contributed by atoms with E-state index in [0.29, 0.717) is 10.0 Å². The molecule has 0 bridgehead atoms. The molecular weight excluding hydrogens is 222 g/mol. The van der Waals surface area contributed by atoms with Crippen LogP contribution in [0.5, 0.6) is 0 Å². The van der Waals surface area contributed by atoms with Crippen molar-refractivity contribution in [3.8, 4) is 6.07 Å². The van der Waals surface area contributed by atoms with Crippen molar-refractivity contribution in [1.29, 1.82) is 5.26 Å². The van der Waals surface area contributed by atoms with Crippen LogP contribution >= 0.6 is 0 Å². The highest BCUT2D eigenvalue weighted by atomic mass is 15.4. The zero-order chi connectivity index (χ0) is 12.6. The second-order valence-electron chi connectivity index (χ2n) is 4.46.